The Morgan fingerprint density at radius 3 is 2.66 bits per heavy atom. The van der Waals surface area contributed by atoms with Gasteiger partial charge in [0.1, 0.15) is 11.6 Å². The van der Waals surface area contributed by atoms with Crippen LogP contribution in [0.3, 0.4) is 0 Å². The first-order valence-corrected chi connectivity index (χ1v) is 10.7. The quantitative estimate of drug-likeness (QED) is 0.496. The first-order valence-electron chi connectivity index (χ1n) is 10.7. The number of ether oxygens (including phenoxy) is 2. The molecule has 0 radical (unpaired) electrons. The highest BCUT2D eigenvalue weighted by Gasteiger charge is 2.17. The average Bonchev–Trinajstić information content (AvgIpc) is 2.88. The first kappa shape index (κ1) is 20.2. The van der Waals surface area contributed by atoms with Gasteiger partial charge in [-0.25, -0.2) is 4.98 Å². The average molecular weight is 428 g/mol. The second-order valence-electron chi connectivity index (χ2n) is 7.61. The molecule has 2 aromatic carbocycles. The molecule has 0 spiro atoms. The Bertz CT molecular complexity index is 1210. The molecule has 2 aromatic heterocycles. The smallest absolute Gasteiger partial charge is 0.228 e. The molecular formula is C25H25N5O2. The molecule has 162 valence electrons. The summed E-state index contributed by atoms with van der Waals surface area (Å²) < 4.78 is 10.9. The number of nitrogens with zero attached hydrogens (tertiary/aromatic N) is 4. The van der Waals surface area contributed by atoms with Crippen LogP contribution in [0.4, 0.5) is 11.8 Å². The van der Waals surface area contributed by atoms with Crippen LogP contribution in [0, 0.1) is 0 Å². The van der Waals surface area contributed by atoms with E-state index in [-0.39, 0.29) is 0 Å². The summed E-state index contributed by atoms with van der Waals surface area (Å²) in [4.78, 5) is 16.4. The molecule has 1 fully saturated rings. The molecule has 5 rings (SSSR count). The van der Waals surface area contributed by atoms with Gasteiger partial charge >= 0.3 is 0 Å². The van der Waals surface area contributed by atoms with E-state index in [4.69, 9.17) is 19.4 Å². The molecule has 0 aliphatic carbocycles. The SMILES string of the molecule is COc1cccc(-c2ccc3c(NCc4ccccn4)nc(N4CCOCC4)nc3c2)c1. The maximum absolute atomic E-state index is 5.51. The van der Waals surface area contributed by atoms with Crippen LogP contribution >= 0.6 is 0 Å². The van der Waals surface area contributed by atoms with E-state index in [1.807, 2.05) is 36.4 Å². The van der Waals surface area contributed by atoms with Crippen molar-refractivity contribution in [1.82, 2.24) is 15.0 Å². The Balaban J connectivity index is 1.55. The molecule has 1 aliphatic rings. The van der Waals surface area contributed by atoms with Gasteiger partial charge in [-0.05, 0) is 47.5 Å². The van der Waals surface area contributed by atoms with Crippen molar-refractivity contribution in [1.29, 1.82) is 0 Å². The highest BCUT2D eigenvalue weighted by atomic mass is 16.5. The zero-order valence-electron chi connectivity index (χ0n) is 18.0. The van der Waals surface area contributed by atoms with Gasteiger partial charge in [-0.15, -0.1) is 0 Å². The predicted octanol–water partition coefficient (Wildman–Crippen LogP) is 4.15. The number of fused-ring (bicyclic) bond motifs is 1. The molecule has 0 atom stereocenters. The Labute approximate surface area is 187 Å². The second kappa shape index (κ2) is 9.20. The summed E-state index contributed by atoms with van der Waals surface area (Å²) in [6.07, 6.45) is 1.80. The Morgan fingerprint density at radius 2 is 1.84 bits per heavy atom. The number of pyridine rings is 1. The van der Waals surface area contributed by atoms with Crippen LogP contribution in [0.2, 0.25) is 0 Å². The Hall–Kier alpha value is -3.71. The molecule has 7 nitrogen and oxygen atoms in total. The van der Waals surface area contributed by atoms with Crippen molar-refractivity contribution >= 4 is 22.7 Å². The molecule has 1 N–H and O–H groups in total. The lowest BCUT2D eigenvalue weighted by Gasteiger charge is -2.27. The van der Waals surface area contributed by atoms with E-state index >= 15 is 0 Å². The minimum atomic E-state index is 0.590. The minimum absolute atomic E-state index is 0.590. The summed E-state index contributed by atoms with van der Waals surface area (Å²) >= 11 is 0. The van der Waals surface area contributed by atoms with Gasteiger partial charge in [0.2, 0.25) is 5.95 Å². The van der Waals surface area contributed by atoms with Crippen molar-refractivity contribution < 1.29 is 9.47 Å². The predicted molar refractivity (Wildman–Crippen MR) is 126 cm³/mol. The number of benzene rings is 2. The minimum Gasteiger partial charge on any atom is -0.497 e. The fourth-order valence-corrected chi connectivity index (χ4v) is 3.82. The number of hydrogen-bond acceptors (Lipinski definition) is 7. The summed E-state index contributed by atoms with van der Waals surface area (Å²) in [7, 11) is 1.68. The Morgan fingerprint density at radius 1 is 0.969 bits per heavy atom. The van der Waals surface area contributed by atoms with Gasteiger partial charge in [-0.2, -0.15) is 4.98 Å². The van der Waals surface area contributed by atoms with E-state index in [0.717, 1.165) is 52.4 Å². The lowest BCUT2D eigenvalue weighted by molar-refractivity contribution is 0.122. The fraction of sp³-hybridized carbons (Fsp3) is 0.240. The molecule has 7 heteroatoms. The fourth-order valence-electron chi connectivity index (χ4n) is 3.82. The highest BCUT2D eigenvalue weighted by molar-refractivity contribution is 5.93. The molecule has 1 saturated heterocycles. The lowest BCUT2D eigenvalue weighted by atomic mass is 10.0. The number of morpholine rings is 1. The van der Waals surface area contributed by atoms with Crippen LogP contribution in [0.1, 0.15) is 5.69 Å². The monoisotopic (exact) mass is 427 g/mol. The van der Waals surface area contributed by atoms with E-state index in [2.05, 4.69) is 39.5 Å². The van der Waals surface area contributed by atoms with Crippen LogP contribution in [0.5, 0.6) is 5.75 Å². The summed E-state index contributed by atoms with van der Waals surface area (Å²) in [5.74, 6) is 2.35. The van der Waals surface area contributed by atoms with E-state index in [9.17, 15) is 0 Å². The van der Waals surface area contributed by atoms with Crippen molar-refractivity contribution in [2.45, 2.75) is 6.54 Å². The third-order valence-corrected chi connectivity index (χ3v) is 5.55. The van der Waals surface area contributed by atoms with Crippen LogP contribution in [-0.4, -0.2) is 48.4 Å². The van der Waals surface area contributed by atoms with Gasteiger partial charge in [0.25, 0.3) is 0 Å². The van der Waals surface area contributed by atoms with Crippen molar-refractivity contribution in [3.63, 3.8) is 0 Å². The molecule has 4 aromatic rings. The topological polar surface area (TPSA) is 72.4 Å². The lowest BCUT2D eigenvalue weighted by Crippen LogP contribution is -2.37. The molecular weight excluding hydrogens is 402 g/mol. The summed E-state index contributed by atoms with van der Waals surface area (Å²) in [6.45, 7) is 3.51. The largest absolute Gasteiger partial charge is 0.497 e. The molecule has 1 aliphatic heterocycles. The van der Waals surface area contributed by atoms with Crippen molar-refractivity contribution in [2.24, 2.45) is 0 Å². The van der Waals surface area contributed by atoms with Gasteiger partial charge in [0, 0.05) is 24.7 Å². The normalized spacial score (nSPS) is 13.8. The van der Waals surface area contributed by atoms with Gasteiger partial charge in [-0.1, -0.05) is 24.3 Å². The summed E-state index contributed by atoms with van der Waals surface area (Å²) in [5, 5.41) is 4.45. The number of nitrogens with one attached hydrogen (secondary N) is 1. The number of rotatable bonds is 6. The molecule has 3 heterocycles. The second-order valence-corrected chi connectivity index (χ2v) is 7.61. The third kappa shape index (κ3) is 4.33. The van der Waals surface area contributed by atoms with Gasteiger partial charge in [0.15, 0.2) is 0 Å². The summed E-state index contributed by atoms with van der Waals surface area (Å²) in [6, 6.07) is 20.2. The van der Waals surface area contributed by atoms with Crippen molar-refractivity contribution in [3.8, 4) is 16.9 Å². The maximum atomic E-state index is 5.51. The zero-order valence-corrected chi connectivity index (χ0v) is 18.0. The van der Waals surface area contributed by atoms with Crippen LogP contribution in [0.25, 0.3) is 22.0 Å². The van der Waals surface area contributed by atoms with Gasteiger partial charge in [0.05, 0.1) is 38.1 Å². The van der Waals surface area contributed by atoms with E-state index in [1.54, 1.807) is 13.3 Å². The van der Waals surface area contributed by atoms with E-state index < -0.39 is 0 Å². The van der Waals surface area contributed by atoms with Crippen molar-refractivity contribution in [2.75, 3.05) is 43.6 Å². The van der Waals surface area contributed by atoms with Crippen LogP contribution in [0.15, 0.2) is 66.9 Å². The molecule has 0 amide bonds. The maximum Gasteiger partial charge on any atom is 0.228 e. The Kier molecular flexibility index (Phi) is 5.81. The van der Waals surface area contributed by atoms with E-state index in [0.29, 0.717) is 25.7 Å². The molecule has 0 saturated carbocycles. The number of aromatic nitrogens is 3. The molecule has 32 heavy (non-hydrogen) atoms. The standard InChI is InChI=1S/C25H25N5O2/c1-31-21-7-4-5-18(15-21)19-8-9-22-23(16-19)28-25(30-11-13-32-14-12-30)29-24(22)27-17-20-6-2-3-10-26-20/h2-10,15-16H,11-14,17H2,1H3,(H,27,28,29). The van der Waals surface area contributed by atoms with Gasteiger partial charge < -0.3 is 19.7 Å². The van der Waals surface area contributed by atoms with Crippen LogP contribution in [-0.2, 0) is 11.3 Å². The molecule has 0 bridgehead atoms. The number of methoxy groups -OCH3 is 1. The third-order valence-electron chi connectivity index (χ3n) is 5.55. The van der Waals surface area contributed by atoms with E-state index in [1.165, 1.54) is 0 Å². The first-order chi connectivity index (χ1) is 15.8. The number of hydrogen-bond donors (Lipinski definition) is 1. The zero-order chi connectivity index (χ0) is 21.8. The van der Waals surface area contributed by atoms with Gasteiger partial charge in [-0.3, -0.25) is 4.98 Å². The van der Waals surface area contributed by atoms with Crippen molar-refractivity contribution in [3.05, 3.63) is 72.6 Å². The highest BCUT2D eigenvalue weighted by Crippen LogP contribution is 2.30. The summed E-state index contributed by atoms with van der Waals surface area (Å²) in [5.41, 5.74) is 4.02. The molecule has 0 unspecified atom stereocenters. The number of anilines is 2. The van der Waals surface area contributed by atoms with Crippen LogP contribution < -0.4 is 15.0 Å².